The van der Waals surface area contributed by atoms with Gasteiger partial charge in [0.05, 0.1) is 35.0 Å². The molecule has 188 valence electrons. The van der Waals surface area contributed by atoms with Crippen molar-refractivity contribution in [1.82, 2.24) is 19.7 Å². The van der Waals surface area contributed by atoms with Crippen LogP contribution in [0, 0.1) is 17.2 Å². The van der Waals surface area contributed by atoms with Crippen LogP contribution in [0.3, 0.4) is 0 Å². The molecule has 3 heterocycles. The fourth-order valence-electron chi connectivity index (χ4n) is 5.77. The minimum atomic E-state index is -0.707. The molecule has 1 aliphatic heterocycles. The Hall–Kier alpha value is -3.96. The summed E-state index contributed by atoms with van der Waals surface area (Å²) in [6.45, 7) is 5.38. The van der Waals surface area contributed by atoms with Gasteiger partial charge in [0, 0.05) is 36.1 Å². The summed E-state index contributed by atoms with van der Waals surface area (Å²) in [5.74, 6) is 1.77. The van der Waals surface area contributed by atoms with E-state index >= 15 is 0 Å². The van der Waals surface area contributed by atoms with E-state index in [0.717, 1.165) is 66.7 Å². The topological polar surface area (TPSA) is 103 Å². The second-order valence-corrected chi connectivity index (χ2v) is 10.7. The Morgan fingerprint density at radius 2 is 1.97 bits per heavy atom. The molecular weight excluding hydrogens is 462 g/mol. The summed E-state index contributed by atoms with van der Waals surface area (Å²) in [4.78, 5) is 11.3. The summed E-state index contributed by atoms with van der Waals surface area (Å²) in [5, 5.41) is 29.4. The molecule has 1 fully saturated rings. The Morgan fingerprint density at radius 3 is 2.78 bits per heavy atom. The van der Waals surface area contributed by atoms with Crippen molar-refractivity contribution in [2.75, 3.05) is 23.3 Å². The van der Waals surface area contributed by atoms with Gasteiger partial charge in [0.15, 0.2) is 5.82 Å². The van der Waals surface area contributed by atoms with Gasteiger partial charge in [0.25, 0.3) is 0 Å². The third kappa shape index (κ3) is 4.40. The summed E-state index contributed by atoms with van der Waals surface area (Å²) in [6, 6.07) is 16.8. The molecule has 0 saturated carbocycles. The van der Waals surface area contributed by atoms with E-state index in [1.54, 1.807) is 6.33 Å². The standard InChI is InChI=1S/C29H31N7O/c1-29(2,37)21-11-12-35(17-21)27-14-28(32-18-31-27)36-26-13-22(10-9-20(26)16-33-36)34-25-8-4-6-23-19(15-30)5-3-7-24(23)25/h3,5,7,9-10,13-14,16,18,21,25,34,37H,4,6,8,11-12,17H2,1-2H3/t21-,25?/m0/s1. The van der Waals surface area contributed by atoms with Gasteiger partial charge >= 0.3 is 0 Å². The molecule has 1 aliphatic carbocycles. The van der Waals surface area contributed by atoms with Crippen LogP contribution in [0.25, 0.3) is 16.7 Å². The Labute approximate surface area is 216 Å². The second kappa shape index (κ2) is 9.16. The van der Waals surface area contributed by atoms with Crippen molar-refractivity contribution in [3.8, 4) is 11.9 Å². The molecule has 8 nitrogen and oxygen atoms in total. The highest BCUT2D eigenvalue weighted by molar-refractivity contribution is 5.83. The predicted molar refractivity (Wildman–Crippen MR) is 144 cm³/mol. The molecule has 2 aromatic heterocycles. The SMILES string of the molecule is CC(C)(O)[C@H]1CCN(c2cc(-n3ncc4ccc(NC5CCCc6c(C#N)cccc65)cc43)ncn2)C1. The number of hydrogen-bond donors (Lipinski definition) is 2. The first-order chi connectivity index (χ1) is 17.9. The lowest BCUT2D eigenvalue weighted by atomic mass is 9.85. The number of aromatic nitrogens is 4. The lowest BCUT2D eigenvalue weighted by Gasteiger charge is -2.28. The van der Waals surface area contributed by atoms with Crippen LogP contribution in [-0.2, 0) is 6.42 Å². The van der Waals surface area contributed by atoms with Crippen molar-refractivity contribution in [2.24, 2.45) is 5.92 Å². The number of nitrogens with zero attached hydrogens (tertiary/aromatic N) is 6. The van der Waals surface area contributed by atoms with Gasteiger partial charge < -0.3 is 15.3 Å². The summed E-state index contributed by atoms with van der Waals surface area (Å²) in [7, 11) is 0. The molecule has 4 aromatic rings. The Bertz CT molecular complexity index is 1500. The average Bonchev–Trinajstić information content (AvgIpc) is 3.56. The summed E-state index contributed by atoms with van der Waals surface area (Å²) >= 11 is 0. The molecule has 0 bridgehead atoms. The summed E-state index contributed by atoms with van der Waals surface area (Å²) in [6.07, 6.45) is 7.41. The van der Waals surface area contributed by atoms with E-state index in [-0.39, 0.29) is 12.0 Å². The third-order valence-electron chi connectivity index (χ3n) is 7.91. The van der Waals surface area contributed by atoms with Gasteiger partial charge in [0.2, 0.25) is 0 Å². The highest BCUT2D eigenvalue weighted by atomic mass is 16.3. The largest absolute Gasteiger partial charge is 0.390 e. The maximum absolute atomic E-state index is 10.4. The maximum Gasteiger partial charge on any atom is 0.159 e. The smallest absolute Gasteiger partial charge is 0.159 e. The lowest BCUT2D eigenvalue weighted by molar-refractivity contribution is 0.0263. The summed E-state index contributed by atoms with van der Waals surface area (Å²) < 4.78 is 1.86. The first-order valence-corrected chi connectivity index (χ1v) is 13.0. The zero-order valence-corrected chi connectivity index (χ0v) is 21.2. The van der Waals surface area contributed by atoms with Crippen LogP contribution >= 0.6 is 0 Å². The minimum Gasteiger partial charge on any atom is -0.390 e. The number of aliphatic hydroxyl groups is 1. The number of nitriles is 1. The van der Waals surface area contributed by atoms with E-state index in [4.69, 9.17) is 0 Å². The van der Waals surface area contributed by atoms with Crippen molar-refractivity contribution in [2.45, 2.75) is 51.2 Å². The van der Waals surface area contributed by atoms with Crippen molar-refractivity contribution < 1.29 is 5.11 Å². The van der Waals surface area contributed by atoms with Crippen molar-refractivity contribution in [3.05, 3.63) is 71.7 Å². The van der Waals surface area contributed by atoms with Crippen molar-refractivity contribution >= 4 is 22.4 Å². The molecule has 2 N–H and O–H groups in total. The molecule has 2 aliphatic rings. The van der Waals surface area contributed by atoms with Crippen LogP contribution < -0.4 is 10.2 Å². The minimum absolute atomic E-state index is 0.162. The average molecular weight is 494 g/mol. The number of anilines is 2. The van der Waals surface area contributed by atoms with Crippen LogP contribution in [0.2, 0.25) is 0 Å². The number of nitrogens with one attached hydrogen (secondary N) is 1. The number of fused-ring (bicyclic) bond motifs is 2. The van der Waals surface area contributed by atoms with E-state index in [1.807, 2.05) is 42.9 Å². The monoisotopic (exact) mass is 493 g/mol. The summed E-state index contributed by atoms with van der Waals surface area (Å²) in [5.41, 5.74) is 4.44. The van der Waals surface area contributed by atoms with Crippen LogP contribution in [0.15, 0.2) is 55.0 Å². The van der Waals surface area contributed by atoms with Gasteiger partial charge in [-0.2, -0.15) is 10.4 Å². The number of rotatable bonds is 5. The van der Waals surface area contributed by atoms with Gasteiger partial charge in [0.1, 0.15) is 12.1 Å². The Morgan fingerprint density at radius 1 is 1.11 bits per heavy atom. The molecule has 1 unspecified atom stereocenters. The molecular formula is C29H31N7O. The molecule has 37 heavy (non-hydrogen) atoms. The van der Waals surface area contributed by atoms with Gasteiger partial charge in [-0.25, -0.2) is 14.6 Å². The fourth-order valence-corrected chi connectivity index (χ4v) is 5.77. The first-order valence-electron chi connectivity index (χ1n) is 13.0. The van der Waals surface area contributed by atoms with Crippen LogP contribution in [0.4, 0.5) is 11.5 Å². The third-order valence-corrected chi connectivity index (χ3v) is 7.91. The number of benzene rings is 2. The van der Waals surface area contributed by atoms with Crippen LogP contribution in [0.1, 0.15) is 55.8 Å². The highest BCUT2D eigenvalue weighted by Crippen LogP contribution is 2.35. The molecule has 0 spiro atoms. The molecule has 0 radical (unpaired) electrons. The fraction of sp³-hybridized carbons (Fsp3) is 0.379. The van der Waals surface area contributed by atoms with E-state index in [0.29, 0.717) is 5.82 Å². The Kier molecular flexibility index (Phi) is 5.81. The maximum atomic E-state index is 10.4. The normalized spacial score (nSPS) is 19.6. The van der Waals surface area contributed by atoms with Gasteiger partial charge in [-0.3, -0.25) is 0 Å². The molecule has 2 aromatic carbocycles. The number of hydrogen-bond acceptors (Lipinski definition) is 7. The Balaban J connectivity index is 1.28. The van der Waals surface area contributed by atoms with Crippen molar-refractivity contribution in [1.29, 1.82) is 5.26 Å². The molecule has 8 heteroatoms. The lowest BCUT2D eigenvalue weighted by Crippen LogP contribution is -2.33. The molecule has 1 saturated heterocycles. The first kappa shape index (κ1) is 23.4. The second-order valence-electron chi connectivity index (χ2n) is 10.7. The molecule has 6 rings (SSSR count). The molecule has 0 amide bonds. The van der Waals surface area contributed by atoms with Crippen molar-refractivity contribution in [3.63, 3.8) is 0 Å². The van der Waals surface area contributed by atoms with Gasteiger partial charge in [-0.15, -0.1) is 0 Å². The van der Waals surface area contributed by atoms with E-state index < -0.39 is 5.60 Å². The zero-order valence-electron chi connectivity index (χ0n) is 21.2. The van der Waals surface area contributed by atoms with Gasteiger partial charge in [-0.05, 0) is 74.9 Å². The molecule has 2 atom stereocenters. The predicted octanol–water partition coefficient (Wildman–Crippen LogP) is 4.77. The van der Waals surface area contributed by atoms with E-state index in [9.17, 15) is 10.4 Å². The van der Waals surface area contributed by atoms with E-state index in [1.165, 1.54) is 11.1 Å². The quantitative estimate of drug-likeness (QED) is 0.413. The zero-order chi connectivity index (χ0) is 25.6. The highest BCUT2D eigenvalue weighted by Gasteiger charge is 2.34. The van der Waals surface area contributed by atoms with Crippen LogP contribution in [-0.4, -0.2) is 43.5 Å². The van der Waals surface area contributed by atoms with Crippen LogP contribution in [0.5, 0.6) is 0 Å². The van der Waals surface area contributed by atoms with E-state index in [2.05, 4.69) is 55.6 Å². The van der Waals surface area contributed by atoms with Gasteiger partial charge in [-0.1, -0.05) is 12.1 Å².